The van der Waals surface area contributed by atoms with Gasteiger partial charge < -0.3 is 19.5 Å². The van der Waals surface area contributed by atoms with Crippen LogP contribution in [0.5, 0.6) is 17.2 Å². The third-order valence-corrected chi connectivity index (χ3v) is 3.94. The van der Waals surface area contributed by atoms with E-state index in [1.54, 1.807) is 53.3 Å². The van der Waals surface area contributed by atoms with E-state index in [4.69, 9.17) is 25.8 Å². The van der Waals surface area contributed by atoms with Gasteiger partial charge in [0.15, 0.2) is 6.73 Å². The average Bonchev–Trinajstić information content (AvgIpc) is 3.13. The normalized spacial score (nSPS) is 10.3. The number of amides is 1. The molecule has 140 valence electrons. The first kappa shape index (κ1) is 18.6. The van der Waals surface area contributed by atoms with Gasteiger partial charge in [0.2, 0.25) is 0 Å². The van der Waals surface area contributed by atoms with Gasteiger partial charge in [0, 0.05) is 5.02 Å². The molecule has 27 heavy (non-hydrogen) atoms. The summed E-state index contributed by atoms with van der Waals surface area (Å²) in [6.45, 7) is 0.175. The molecule has 0 saturated carbocycles. The van der Waals surface area contributed by atoms with Crippen LogP contribution in [-0.4, -0.2) is 29.9 Å². The van der Waals surface area contributed by atoms with Crippen LogP contribution >= 0.6 is 11.6 Å². The quantitative estimate of drug-likeness (QED) is 0.666. The highest BCUT2D eigenvalue weighted by Gasteiger charge is 2.18. The third kappa shape index (κ3) is 4.51. The summed E-state index contributed by atoms with van der Waals surface area (Å²) in [6.07, 6.45) is 3.19. The van der Waals surface area contributed by atoms with Gasteiger partial charge in [-0.2, -0.15) is 5.10 Å². The molecule has 1 amide bonds. The van der Waals surface area contributed by atoms with Gasteiger partial charge in [-0.25, -0.2) is 4.68 Å². The van der Waals surface area contributed by atoms with Crippen molar-refractivity contribution in [3.8, 4) is 17.2 Å². The number of hydrogen-bond donors (Lipinski definition) is 1. The molecule has 0 aliphatic carbocycles. The number of methoxy groups -OCH3 is 2. The Hall–Kier alpha value is -3.19. The van der Waals surface area contributed by atoms with Gasteiger partial charge in [-0.3, -0.25) is 4.79 Å². The predicted octanol–water partition coefficient (Wildman–Crippen LogP) is 3.84. The van der Waals surface area contributed by atoms with E-state index in [1.807, 2.05) is 0 Å². The van der Waals surface area contributed by atoms with E-state index in [0.29, 0.717) is 33.5 Å². The number of ether oxygens (including phenoxy) is 3. The number of nitrogens with one attached hydrogen (secondary N) is 1. The van der Waals surface area contributed by atoms with E-state index in [1.165, 1.54) is 20.4 Å². The Morgan fingerprint density at radius 1 is 1.15 bits per heavy atom. The zero-order valence-electron chi connectivity index (χ0n) is 14.8. The van der Waals surface area contributed by atoms with Gasteiger partial charge in [0.25, 0.3) is 5.91 Å². The second-order valence-corrected chi connectivity index (χ2v) is 5.93. The topological polar surface area (TPSA) is 74.6 Å². The SMILES string of the molecule is COc1cccc(OC)c1C(=O)Nc1cnn(COc2cccc(Cl)c2)c1. The van der Waals surface area contributed by atoms with Gasteiger partial charge in [0.05, 0.1) is 32.3 Å². The fourth-order valence-corrected chi connectivity index (χ4v) is 2.65. The smallest absolute Gasteiger partial charge is 0.263 e. The van der Waals surface area contributed by atoms with Crippen LogP contribution in [0, 0.1) is 0 Å². The fraction of sp³-hybridized carbons (Fsp3) is 0.158. The molecule has 0 aliphatic rings. The van der Waals surface area contributed by atoms with Crippen molar-refractivity contribution in [1.29, 1.82) is 0 Å². The minimum atomic E-state index is -0.361. The Balaban J connectivity index is 1.68. The first-order valence-corrected chi connectivity index (χ1v) is 8.41. The van der Waals surface area contributed by atoms with Crippen LogP contribution in [0.15, 0.2) is 54.9 Å². The summed E-state index contributed by atoms with van der Waals surface area (Å²) >= 11 is 5.93. The molecule has 0 atom stereocenters. The maximum absolute atomic E-state index is 12.6. The molecule has 0 saturated heterocycles. The fourth-order valence-electron chi connectivity index (χ4n) is 2.46. The molecule has 8 heteroatoms. The maximum Gasteiger partial charge on any atom is 0.263 e. The summed E-state index contributed by atoms with van der Waals surface area (Å²) in [5.74, 6) is 1.11. The molecule has 0 aliphatic heterocycles. The van der Waals surface area contributed by atoms with Crippen molar-refractivity contribution < 1.29 is 19.0 Å². The Labute approximate surface area is 161 Å². The lowest BCUT2D eigenvalue weighted by Crippen LogP contribution is -2.14. The second-order valence-electron chi connectivity index (χ2n) is 5.49. The van der Waals surface area contributed by atoms with Gasteiger partial charge in [0.1, 0.15) is 22.8 Å². The number of nitrogens with zero attached hydrogens (tertiary/aromatic N) is 2. The summed E-state index contributed by atoms with van der Waals surface area (Å²) in [7, 11) is 2.99. The number of halogens is 1. The largest absolute Gasteiger partial charge is 0.496 e. The van der Waals surface area contributed by atoms with Crippen molar-refractivity contribution in [1.82, 2.24) is 9.78 Å². The molecule has 1 N–H and O–H groups in total. The molecule has 0 bridgehead atoms. The second kappa shape index (κ2) is 8.46. The van der Waals surface area contributed by atoms with E-state index in [0.717, 1.165) is 0 Å². The van der Waals surface area contributed by atoms with Crippen LogP contribution in [0.3, 0.4) is 0 Å². The van der Waals surface area contributed by atoms with E-state index in [2.05, 4.69) is 10.4 Å². The lowest BCUT2D eigenvalue weighted by atomic mass is 10.1. The van der Waals surface area contributed by atoms with Crippen molar-refractivity contribution >= 4 is 23.2 Å². The van der Waals surface area contributed by atoms with Crippen molar-refractivity contribution in [3.63, 3.8) is 0 Å². The lowest BCUT2D eigenvalue weighted by Gasteiger charge is -2.12. The molecule has 7 nitrogen and oxygen atoms in total. The standard InChI is InChI=1S/C19H18ClN3O4/c1-25-16-7-4-8-17(26-2)18(16)19(24)22-14-10-21-23(11-14)12-27-15-6-3-5-13(20)9-15/h3-11H,12H2,1-2H3,(H,22,24). The number of anilines is 1. The number of hydrogen-bond acceptors (Lipinski definition) is 5. The monoisotopic (exact) mass is 387 g/mol. The summed E-state index contributed by atoms with van der Waals surface area (Å²) in [5.41, 5.74) is 0.827. The highest BCUT2D eigenvalue weighted by Crippen LogP contribution is 2.29. The number of rotatable bonds is 7. The minimum absolute atomic E-state index is 0.175. The van der Waals surface area contributed by atoms with Gasteiger partial charge in [-0.15, -0.1) is 0 Å². The Bertz CT molecular complexity index is 920. The first-order valence-electron chi connectivity index (χ1n) is 8.04. The van der Waals surface area contributed by atoms with Crippen LogP contribution in [0.25, 0.3) is 0 Å². The van der Waals surface area contributed by atoms with Crippen LogP contribution in [0.2, 0.25) is 5.02 Å². The summed E-state index contributed by atoms with van der Waals surface area (Å²) in [6, 6.07) is 12.2. The zero-order chi connectivity index (χ0) is 19.2. The molecular formula is C19H18ClN3O4. The number of carbonyl (C=O) groups is 1. The van der Waals surface area contributed by atoms with E-state index in [-0.39, 0.29) is 12.6 Å². The molecular weight excluding hydrogens is 370 g/mol. The van der Waals surface area contributed by atoms with E-state index < -0.39 is 0 Å². The van der Waals surface area contributed by atoms with Crippen LogP contribution < -0.4 is 19.5 Å². The zero-order valence-corrected chi connectivity index (χ0v) is 15.6. The van der Waals surface area contributed by atoms with Gasteiger partial charge in [-0.1, -0.05) is 23.7 Å². The van der Waals surface area contributed by atoms with Gasteiger partial charge >= 0.3 is 0 Å². The number of carbonyl (C=O) groups excluding carboxylic acids is 1. The molecule has 3 aromatic rings. The van der Waals surface area contributed by atoms with Crippen LogP contribution in [-0.2, 0) is 6.73 Å². The predicted molar refractivity (Wildman–Crippen MR) is 102 cm³/mol. The van der Waals surface area contributed by atoms with Crippen molar-refractivity contribution in [2.75, 3.05) is 19.5 Å². The summed E-state index contributed by atoms with van der Waals surface area (Å²) in [4.78, 5) is 12.6. The molecule has 1 aromatic heterocycles. The van der Waals surface area contributed by atoms with Crippen LogP contribution in [0.4, 0.5) is 5.69 Å². The van der Waals surface area contributed by atoms with Crippen molar-refractivity contribution in [2.24, 2.45) is 0 Å². The Morgan fingerprint density at radius 3 is 2.52 bits per heavy atom. The summed E-state index contributed by atoms with van der Waals surface area (Å²) < 4.78 is 17.7. The molecule has 0 radical (unpaired) electrons. The minimum Gasteiger partial charge on any atom is -0.496 e. The third-order valence-electron chi connectivity index (χ3n) is 3.71. The van der Waals surface area contributed by atoms with Crippen LogP contribution in [0.1, 0.15) is 10.4 Å². The number of aromatic nitrogens is 2. The molecule has 1 heterocycles. The molecule has 0 unspecified atom stereocenters. The van der Waals surface area contributed by atoms with E-state index >= 15 is 0 Å². The Kier molecular flexibility index (Phi) is 5.83. The van der Waals surface area contributed by atoms with E-state index in [9.17, 15) is 4.79 Å². The molecule has 3 rings (SSSR count). The number of benzene rings is 2. The molecule has 2 aromatic carbocycles. The first-order chi connectivity index (χ1) is 13.1. The Morgan fingerprint density at radius 2 is 1.85 bits per heavy atom. The van der Waals surface area contributed by atoms with Gasteiger partial charge in [-0.05, 0) is 30.3 Å². The lowest BCUT2D eigenvalue weighted by molar-refractivity contribution is 0.102. The molecule has 0 spiro atoms. The average molecular weight is 388 g/mol. The maximum atomic E-state index is 12.6. The highest BCUT2D eigenvalue weighted by molar-refractivity contribution is 6.30. The summed E-state index contributed by atoms with van der Waals surface area (Å²) in [5, 5.41) is 7.53. The van der Waals surface area contributed by atoms with Crippen molar-refractivity contribution in [2.45, 2.75) is 6.73 Å². The van der Waals surface area contributed by atoms with Crippen molar-refractivity contribution in [3.05, 3.63) is 65.4 Å². The molecule has 0 fully saturated rings. The highest BCUT2D eigenvalue weighted by atomic mass is 35.5.